The zero-order valence-electron chi connectivity index (χ0n) is 6.24. The molecule has 2 N–H and O–H groups in total. The summed E-state index contributed by atoms with van der Waals surface area (Å²) in [5, 5.41) is 11.4. The van der Waals surface area contributed by atoms with Crippen LogP contribution in [-0.2, 0) is 9.53 Å². The Balaban J connectivity index is 2.29. The fourth-order valence-electron chi connectivity index (χ4n) is 0.834. The Labute approximate surface area is 69.3 Å². The predicted molar refractivity (Wildman–Crippen MR) is 42.4 cm³/mol. The smallest absolute Gasteiger partial charge is 0.321 e. The van der Waals surface area contributed by atoms with Crippen molar-refractivity contribution in [2.45, 2.75) is 18.5 Å². The zero-order chi connectivity index (χ0) is 8.27. The quantitative estimate of drug-likeness (QED) is 0.640. The molecule has 0 bridgehead atoms. The van der Waals surface area contributed by atoms with E-state index >= 15 is 0 Å². The largest absolute Gasteiger partial charge is 0.480 e. The van der Waals surface area contributed by atoms with Crippen LogP contribution in [0.15, 0.2) is 0 Å². The van der Waals surface area contributed by atoms with Gasteiger partial charge in [-0.1, -0.05) is 0 Å². The topological polar surface area (TPSA) is 58.6 Å². The molecule has 0 aromatic carbocycles. The molecule has 64 valence electrons. The van der Waals surface area contributed by atoms with Gasteiger partial charge in [0, 0.05) is 12.4 Å². The lowest BCUT2D eigenvalue weighted by atomic mass is 10.4. The Hall–Kier alpha value is -0.260. The molecular weight excluding hydrogens is 166 g/mol. The Morgan fingerprint density at radius 3 is 3.09 bits per heavy atom. The molecule has 0 radical (unpaired) electrons. The zero-order valence-corrected chi connectivity index (χ0v) is 7.06. The molecule has 1 rings (SSSR count). The first-order chi connectivity index (χ1) is 5.24. The summed E-state index contributed by atoms with van der Waals surface area (Å²) in [6.45, 7) is 2.49. The van der Waals surface area contributed by atoms with Crippen LogP contribution in [0.1, 0.15) is 6.92 Å². The van der Waals surface area contributed by atoms with Crippen LogP contribution in [0.4, 0.5) is 0 Å². The van der Waals surface area contributed by atoms with Gasteiger partial charge in [-0.05, 0) is 6.92 Å². The van der Waals surface area contributed by atoms with Crippen LogP contribution in [0.3, 0.4) is 0 Å². The molecule has 11 heavy (non-hydrogen) atoms. The van der Waals surface area contributed by atoms with Crippen molar-refractivity contribution < 1.29 is 14.6 Å². The molecule has 2 unspecified atom stereocenters. The number of hydrogen-bond acceptors (Lipinski definition) is 4. The third-order valence-electron chi connectivity index (χ3n) is 1.37. The number of aliphatic carboxylic acids is 1. The highest BCUT2D eigenvalue weighted by molar-refractivity contribution is 8.00. The number of carbonyl (C=O) groups is 1. The van der Waals surface area contributed by atoms with Crippen molar-refractivity contribution in [1.29, 1.82) is 0 Å². The molecular formula is C6H11NO3S. The number of carboxylic acids is 1. The third-order valence-corrected chi connectivity index (χ3v) is 2.47. The van der Waals surface area contributed by atoms with E-state index < -0.39 is 12.0 Å². The maximum absolute atomic E-state index is 10.4. The van der Waals surface area contributed by atoms with Crippen LogP contribution in [0.5, 0.6) is 0 Å². The number of nitrogens with one attached hydrogen (secondary N) is 1. The van der Waals surface area contributed by atoms with Crippen molar-refractivity contribution in [2.75, 3.05) is 12.4 Å². The summed E-state index contributed by atoms with van der Waals surface area (Å²) in [4.78, 5) is 10.4. The monoisotopic (exact) mass is 177 g/mol. The Morgan fingerprint density at radius 1 is 1.91 bits per heavy atom. The fourth-order valence-corrected chi connectivity index (χ4v) is 1.93. The molecule has 0 spiro atoms. The lowest BCUT2D eigenvalue weighted by molar-refractivity contribution is -0.139. The minimum absolute atomic E-state index is 0.138. The molecule has 4 nitrogen and oxygen atoms in total. The predicted octanol–water partition coefficient (Wildman–Crippen LogP) is 0.0961. The van der Waals surface area contributed by atoms with E-state index in [0.29, 0.717) is 12.4 Å². The number of rotatable bonds is 3. The van der Waals surface area contributed by atoms with Gasteiger partial charge in [-0.2, -0.15) is 0 Å². The van der Waals surface area contributed by atoms with E-state index in [-0.39, 0.29) is 5.56 Å². The summed E-state index contributed by atoms with van der Waals surface area (Å²) < 4.78 is 5.17. The van der Waals surface area contributed by atoms with Gasteiger partial charge in [0.15, 0.2) is 5.56 Å². The van der Waals surface area contributed by atoms with Crippen molar-refractivity contribution in [1.82, 2.24) is 5.32 Å². The lowest BCUT2D eigenvalue weighted by Crippen LogP contribution is -2.37. The SMILES string of the molecule is CCOC1NC(C(=O)O)CS1. The van der Waals surface area contributed by atoms with Crippen LogP contribution < -0.4 is 5.32 Å². The van der Waals surface area contributed by atoms with Crippen LogP contribution in [0, 0.1) is 0 Å². The standard InChI is InChI=1S/C6H11NO3S/c1-2-10-6-7-4(3-11-6)5(8)9/h4,6-7H,2-3H2,1H3,(H,8,9). The molecule has 0 amide bonds. The van der Waals surface area contributed by atoms with Gasteiger partial charge in [-0.15, -0.1) is 11.8 Å². The molecule has 5 heteroatoms. The van der Waals surface area contributed by atoms with E-state index in [4.69, 9.17) is 9.84 Å². The Morgan fingerprint density at radius 2 is 2.64 bits per heavy atom. The Kier molecular flexibility index (Phi) is 3.16. The number of hydrogen-bond donors (Lipinski definition) is 2. The Bertz CT molecular complexity index is 153. The van der Waals surface area contributed by atoms with Crippen molar-refractivity contribution in [3.63, 3.8) is 0 Å². The van der Waals surface area contributed by atoms with Crippen LogP contribution in [0.25, 0.3) is 0 Å². The molecule has 0 aromatic rings. The van der Waals surface area contributed by atoms with Gasteiger partial charge < -0.3 is 9.84 Å². The average molecular weight is 177 g/mol. The van der Waals surface area contributed by atoms with Gasteiger partial charge >= 0.3 is 5.97 Å². The van der Waals surface area contributed by atoms with E-state index in [1.807, 2.05) is 6.92 Å². The summed E-state index contributed by atoms with van der Waals surface area (Å²) in [7, 11) is 0. The lowest BCUT2D eigenvalue weighted by Gasteiger charge is -2.09. The highest BCUT2D eigenvalue weighted by Crippen LogP contribution is 2.19. The second-order valence-electron chi connectivity index (χ2n) is 2.18. The number of carboxylic acid groups (broad SMARTS) is 1. The van der Waals surface area contributed by atoms with E-state index in [1.165, 1.54) is 11.8 Å². The minimum Gasteiger partial charge on any atom is -0.480 e. The average Bonchev–Trinajstić information content (AvgIpc) is 2.37. The molecule has 1 fully saturated rings. The number of ether oxygens (including phenoxy) is 1. The summed E-state index contributed by atoms with van der Waals surface area (Å²) in [5.74, 6) is -0.222. The van der Waals surface area contributed by atoms with Crippen LogP contribution in [-0.4, -0.2) is 35.0 Å². The van der Waals surface area contributed by atoms with Crippen molar-refractivity contribution in [2.24, 2.45) is 0 Å². The summed E-state index contributed by atoms with van der Waals surface area (Å²) in [5.41, 5.74) is -0.138. The van der Waals surface area contributed by atoms with Gasteiger partial charge in [0.25, 0.3) is 0 Å². The van der Waals surface area contributed by atoms with Gasteiger partial charge in [0.1, 0.15) is 6.04 Å². The van der Waals surface area contributed by atoms with Crippen molar-refractivity contribution >= 4 is 17.7 Å². The summed E-state index contributed by atoms with van der Waals surface area (Å²) in [6.07, 6.45) is 0. The molecule has 1 heterocycles. The van der Waals surface area contributed by atoms with Crippen LogP contribution >= 0.6 is 11.8 Å². The second-order valence-corrected chi connectivity index (χ2v) is 3.27. The summed E-state index contributed by atoms with van der Waals surface area (Å²) >= 11 is 1.49. The first-order valence-corrected chi connectivity index (χ1v) is 4.51. The molecule has 0 saturated carbocycles. The van der Waals surface area contributed by atoms with Gasteiger partial charge in [-0.3, -0.25) is 10.1 Å². The molecule has 1 aliphatic heterocycles. The maximum atomic E-state index is 10.4. The highest BCUT2D eigenvalue weighted by Gasteiger charge is 2.29. The van der Waals surface area contributed by atoms with Crippen molar-refractivity contribution in [3.05, 3.63) is 0 Å². The highest BCUT2D eigenvalue weighted by atomic mass is 32.2. The first-order valence-electron chi connectivity index (χ1n) is 3.46. The van der Waals surface area contributed by atoms with Crippen LogP contribution in [0.2, 0.25) is 0 Å². The molecule has 2 atom stereocenters. The fraction of sp³-hybridized carbons (Fsp3) is 0.833. The molecule has 1 aliphatic rings. The second kappa shape index (κ2) is 3.94. The van der Waals surface area contributed by atoms with E-state index in [0.717, 1.165) is 0 Å². The number of thioether (sulfide) groups is 1. The maximum Gasteiger partial charge on any atom is 0.321 e. The van der Waals surface area contributed by atoms with E-state index in [9.17, 15) is 4.79 Å². The normalized spacial score (nSPS) is 30.6. The molecule has 1 saturated heterocycles. The van der Waals surface area contributed by atoms with Gasteiger partial charge in [-0.25, -0.2) is 0 Å². The van der Waals surface area contributed by atoms with Gasteiger partial charge in [0.05, 0.1) is 0 Å². The van der Waals surface area contributed by atoms with E-state index in [1.54, 1.807) is 0 Å². The van der Waals surface area contributed by atoms with Gasteiger partial charge in [0.2, 0.25) is 0 Å². The van der Waals surface area contributed by atoms with E-state index in [2.05, 4.69) is 5.32 Å². The summed E-state index contributed by atoms with van der Waals surface area (Å²) in [6, 6.07) is -0.448. The molecule has 0 aromatic heterocycles. The van der Waals surface area contributed by atoms with Crippen molar-refractivity contribution in [3.8, 4) is 0 Å². The first kappa shape index (κ1) is 8.83. The minimum atomic E-state index is -0.806. The molecule has 0 aliphatic carbocycles. The third kappa shape index (κ3) is 2.36.